The molecule has 1 saturated heterocycles. The Bertz CT molecular complexity index is 2240. The van der Waals surface area contributed by atoms with Crippen molar-refractivity contribution in [1.82, 2.24) is 4.90 Å². The molecule has 9 nitrogen and oxygen atoms in total. The first-order valence-electron chi connectivity index (χ1n) is 18.2. The van der Waals surface area contributed by atoms with E-state index in [9.17, 15) is 19.5 Å². The van der Waals surface area contributed by atoms with Crippen LogP contribution in [0.2, 0.25) is 18.6 Å². The molecule has 2 N–H and O–H groups in total. The van der Waals surface area contributed by atoms with E-state index >= 15 is 0 Å². The number of fused-ring (bicyclic) bond motifs is 2. The minimum atomic E-state index is -2.52. The third-order valence-electron chi connectivity index (χ3n) is 11.7. The second kappa shape index (κ2) is 13.3. The Morgan fingerprint density at radius 1 is 0.962 bits per heavy atom. The molecule has 3 heterocycles. The van der Waals surface area contributed by atoms with Gasteiger partial charge in [-0.2, -0.15) is 0 Å². The van der Waals surface area contributed by atoms with Gasteiger partial charge in [0.15, 0.2) is 5.60 Å². The van der Waals surface area contributed by atoms with Crippen LogP contribution in [0.5, 0.6) is 5.75 Å². The predicted octanol–water partition coefficient (Wildman–Crippen LogP) is 6.72. The average molecular weight is 726 g/mol. The molecule has 0 aliphatic carbocycles. The number of nitrogens with zero attached hydrogens (tertiary/aromatic N) is 2. The monoisotopic (exact) mass is 725 g/mol. The topological polar surface area (TPSA) is 108 Å². The van der Waals surface area contributed by atoms with E-state index in [2.05, 4.69) is 37.5 Å². The van der Waals surface area contributed by atoms with Crippen molar-refractivity contribution >= 4 is 58.8 Å². The summed E-state index contributed by atoms with van der Waals surface area (Å²) < 4.78 is 12.6. The standard InChI is InChI=1S/C43H43N3O6Si/c1-27-40(53(3,4)32-19-17-31(51-2)18-20-32)37(25-38(48)45(22-23-47)26-28-10-6-5-7-11-28)52-43(27)34-24-30(16-21-35(34)44-42(43)50)46-36-15-9-13-29-12-8-14-33(39(29)36)41(46)49/h5-21,24,27,37,40,47H,22-23,25-26H2,1-4H3,(H,44,50)/t27-,37+,40-,43+/m1/s1. The summed E-state index contributed by atoms with van der Waals surface area (Å²) in [5, 5.41) is 16.1. The Morgan fingerprint density at radius 2 is 1.70 bits per heavy atom. The molecule has 0 saturated carbocycles. The minimum Gasteiger partial charge on any atom is -0.497 e. The van der Waals surface area contributed by atoms with E-state index in [0.29, 0.717) is 29.0 Å². The molecule has 0 bridgehead atoms. The summed E-state index contributed by atoms with van der Waals surface area (Å²) in [5.41, 5.74) is 2.77. The number of aliphatic hydroxyl groups is 1. The Kier molecular flexibility index (Phi) is 8.72. The second-order valence-electron chi connectivity index (χ2n) is 14.9. The maximum atomic E-state index is 14.5. The lowest BCUT2D eigenvalue weighted by Crippen LogP contribution is -2.52. The zero-order valence-electron chi connectivity index (χ0n) is 30.3. The molecule has 270 valence electrons. The van der Waals surface area contributed by atoms with Gasteiger partial charge in [-0.3, -0.25) is 19.3 Å². The molecule has 5 aromatic carbocycles. The summed E-state index contributed by atoms with van der Waals surface area (Å²) in [6.07, 6.45) is -0.564. The first kappa shape index (κ1) is 34.8. The zero-order chi connectivity index (χ0) is 37.1. The lowest BCUT2D eigenvalue weighted by molar-refractivity contribution is -0.148. The van der Waals surface area contributed by atoms with Crippen LogP contribution in [0, 0.1) is 5.92 Å². The van der Waals surface area contributed by atoms with Crippen molar-refractivity contribution in [2.75, 3.05) is 30.5 Å². The number of nitrogens with one attached hydrogen (secondary N) is 1. The van der Waals surface area contributed by atoms with Crippen molar-refractivity contribution in [3.63, 3.8) is 0 Å². The maximum absolute atomic E-state index is 14.5. The number of amides is 3. The van der Waals surface area contributed by atoms with Crippen LogP contribution in [0.1, 0.15) is 34.8 Å². The number of ether oxygens (including phenoxy) is 2. The SMILES string of the molecule is COc1ccc([Si](C)(C)[C@H]2[C@H](CC(=O)N(CCO)Cc3ccccc3)O[C@@]3(C(=O)Nc4ccc(N5C(=O)c6cccc7cccc5c67)cc43)[C@@H]2C)cc1. The highest BCUT2D eigenvalue weighted by atomic mass is 28.3. The van der Waals surface area contributed by atoms with Gasteiger partial charge in [0.05, 0.1) is 45.6 Å². The molecule has 1 fully saturated rings. The summed E-state index contributed by atoms with van der Waals surface area (Å²) >= 11 is 0. The fourth-order valence-electron chi connectivity index (χ4n) is 9.15. The van der Waals surface area contributed by atoms with Crippen molar-refractivity contribution in [2.45, 2.75) is 50.2 Å². The van der Waals surface area contributed by atoms with Gasteiger partial charge in [0, 0.05) is 41.3 Å². The number of carbonyl (C=O) groups is 3. The lowest BCUT2D eigenvalue weighted by Gasteiger charge is -2.37. The Morgan fingerprint density at radius 3 is 2.42 bits per heavy atom. The minimum absolute atomic E-state index is 0.0421. The summed E-state index contributed by atoms with van der Waals surface area (Å²) in [6, 6.07) is 35.1. The van der Waals surface area contributed by atoms with Crippen LogP contribution in [0.15, 0.2) is 109 Å². The molecule has 53 heavy (non-hydrogen) atoms. The van der Waals surface area contributed by atoms with Crippen LogP contribution >= 0.6 is 0 Å². The van der Waals surface area contributed by atoms with Gasteiger partial charge in [0.1, 0.15) is 5.75 Å². The van der Waals surface area contributed by atoms with E-state index < -0.39 is 19.8 Å². The van der Waals surface area contributed by atoms with Crippen molar-refractivity contribution < 1.29 is 29.0 Å². The first-order chi connectivity index (χ1) is 25.6. The third kappa shape index (κ3) is 5.55. The zero-order valence-corrected chi connectivity index (χ0v) is 31.3. The highest BCUT2D eigenvalue weighted by Gasteiger charge is 2.65. The number of anilines is 3. The number of carbonyl (C=O) groups excluding carboxylic acids is 3. The van der Waals surface area contributed by atoms with E-state index in [1.54, 1.807) is 16.9 Å². The van der Waals surface area contributed by atoms with E-state index in [-0.39, 0.29) is 48.8 Å². The highest BCUT2D eigenvalue weighted by molar-refractivity contribution is 6.91. The van der Waals surface area contributed by atoms with Gasteiger partial charge in [-0.25, -0.2) is 0 Å². The number of hydrogen-bond acceptors (Lipinski definition) is 6. The fraction of sp³-hybridized carbons (Fsp3) is 0.279. The van der Waals surface area contributed by atoms with Gasteiger partial charge in [-0.1, -0.05) is 91.9 Å². The molecule has 4 atom stereocenters. The van der Waals surface area contributed by atoms with Crippen LogP contribution < -0.4 is 20.1 Å². The number of methoxy groups -OCH3 is 1. The van der Waals surface area contributed by atoms with Crippen molar-refractivity contribution in [2.24, 2.45) is 5.92 Å². The molecule has 5 aromatic rings. The molecule has 0 unspecified atom stereocenters. The van der Waals surface area contributed by atoms with E-state index in [0.717, 1.165) is 33.0 Å². The summed E-state index contributed by atoms with van der Waals surface area (Å²) in [5.74, 6) is -0.131. The molecular weight excluding hydrogens is 683 g/mol. The van der Waals surface area contributed by atoms with Crippen LogP contribution in [0.3, 0.4) is 0 Å². The first-order valence-corrected chi connectivity index (χ1v) is 21.2. The van der Waals surface area contributed by atoms with Gasteiger partial charge in [-0.15, -0.1) is 0 Å². The number of aliphatic hydroxyl groups excluding tert-OH is 1. The van der Waals surface area contributed by atoms with E-state index in [1.807, 2.05) is 97.1 Å². The van der Waals surface area contributed by atoms with Crippen molar-refractivity contribution in [1.29, 1.82) is 0 Å². The number of benzene rings is 5. The van der Waals surface area contributed by atoms with Crippen molar-refractivity contribution in [3.05, 3.63) is 126 Å². The van der Waals surface area contributed by atoms with Crippen LogP contribution in [0.25, 0.3) is 10.8 Å². The number of hydrogen-bond donors (Lipinski definition) is 2. The molecule has 3 amide bonds. The molecule has 0 radical (unpaired) electrons. The predicted molar refractivity (Wildman–Crippen MR) is 209 cm³/mol. The van der Waals surface area contributed by atoms with Gasteiger partial charge in [0.2, 0.25) is 5.91 Å². The molecule has 0 aromatic heterocycles. The van der Waals surface area contributed by atoms with Crippen molar-refractivity contribution in [3.8, 4) is 5.75 Å². The molecule has 1 spiro atoms. The van der Waals surface area contributed by atoms with E-state index in [4.69, 9.17) is 9.47 Å². The third-order valence-corrected chi connectivity index (χ3v) is 16.1. The van der Waals surface area contributed by atoms with Crippen LogP contribution in [0.4, 0.5) is 17.1 Å². The van der Waals surface area contributed by atoms with Gasteiger partial charge in [0.25, 0.3) is 11.8 Å². The summed E-state index contributed by atoms with van der Waals surface area (Å²) in [6.45, 7) is 6.97. The molecule has 3 aliphatic heterocycles. The Labute approximate surface area is 310 Å². The largest absolute Gasteiger partial charge is 0.497 e. The fourth-order valence-corrected chi connectivity index (χ4v) is 13.2. The van der Waals surface area contributed by atoms with Gasteiger partial charge < -0.3 is 24.8 Å². The molecule has 8 rings (SSSR count). The van der Waals surface area contributed by atoms with Gasteiger partial charge in [-0.05, 0) is 59.0 Å². The van der Waals surface area contributed by atoms with Gasteiger partial charge >= 0.3 is 0 Å². The maximum Gasteiger partial charge on any atom is 0.263 e. The quantitative estimate of drug-likeness (QED) is 0.155. The Balaban J connectivity index is 1.21. The van der Waals surface area contributed by atoms with E-state index in [1.165, 1.54) is 0 Å². The lowest BCUT2D eigenvalue weighted by atomic mass is 9.82. The smallest absolute Gasteiger partial charge is 0.263 e. The molecular formula is C43H43N3O6Si. The molecule has 10 heteroatoms. The van der Waals surface area contributed by atoms with Crippen LogP contribution in [-0.2, 0) is 26.5 Å². The number of rotatable bonds is 10. The van der Waals surface area contributed by atoms with Crippen LogP contribution in [-0.4, -0.2) is 62.2 Å². The Hall–Kier alpha value is -5.29. The summed E-state index contributed by atoms with van der Waals surface area (Å²) in [4.78, 5) is 46.1. The second-order valence-corrected chi connectivity index (χ2v) is 19.6. The summed E-state index contributed by atoms with van der Waals surface area (Å²) in [7, 11) is -0.876. The average Bonchev–Trinajstić information content (AvgIpc) is 3.74. The highest BCUT2D eigenvalue weighted by Crippen LogP contribution is 2.59. The normalized spacial score (nSPS) is 21.7. The molecule has 3 aliphatic rings.